The lowest BCUT2D eigenvalue weighted by Gasteiger charge is -2.35. The lowest BCUT2D eigenvalue weighted by Crippen LogP contribution is -2.45. The molecule has 132 valence electrons. The topological polar surface area (TPSA) is 39.7 Å². The third-order valence-corrected chi connectivity index (χ3v) is 4.50. The smallest absolute Gasteiger partial charge is 0.191 e. The third kappa shape index (κ3) is 7.99. The van der Waals surface area contributed by atoms with Crippen molar-refractivity contribution in [3.05, 3.63) is 0 Å². The fourth-order valence-corrected chi connectivity index (χ4v) is 2.64. The Bertz CT molecular complexity index is 318. The number of halogens is 1. The van der Waals surface area contributed by atoms with Crippen LogP contribution in [0.1, 0.15) is 54.4 Å². The zero-order chi connectivity index (χ0) is 15.8. The van der Waals surface area contributed by atoms with Crippen LogP contribution in [-0.2, 0) is 0 Å². The van der Waals surface area contributed by atoms with Crippen LogP contribution in [0.5, 0.6) is 0 Å². The van der Waals surface area contributed by atoms with E-state index < -0.39 is 0 Å². The van der Waals surface area contributed by atoms with E-state index in [1.165, 1.54) is 25.9 Å². The zero-order valence-electron chi connectivity index (χ0n) is 15.4. The van der Waals surface area contributed by atoms with Crippen LogP contribution < -0.4 is 10.6 Å². The van der Waals surface area contributed by atoms with Crippen LogP contribution in [0.3, 0.4) is 0 Å². The van der Waals surface area contributed by atoms with Crippen molar-refractivity contribution in [2.24, 2.45) is 16.8 Å². The van der Waals surface area contributed by atoms with E-state index in [1.807, 2.05) is 0 Å². The molecule has 0 spiro atoms. The summed E-state index contributed by atoms with van der Waals surface area (Å²) in [6, 6.07) is 1.10. The summed E-state index contributed by atoms with van der Waals surface area (Å²) in [6.07, 6.45) is 2.62. The second kappa shape index (κ2) is 11.5. The van der Waals surface area contributed by atoms with Crippen LogP contribution in [-0.4, -0.2) is 49.1 Å². The van der Waals surface area contributed by atoms with Gasteiger partial charge in [-0.1, -0.05) is 13.8 Å². The van der Waals surface area contributed by atoms with Crippen LogP contribution in [0.4, 0.5) is 0 Å². The predicted molar refractivity (Wildman–Crippen MR) is 108 cm³/mol. The van der Waals surface area contributed by atoms with E-state index in [-0.39, 0.29) is 24.0 Å². The van der Waals surface area contributed by atoms with Crippen molar-refractivity contribution in [1.82, 2.24) is 15.5 Å². The number of aliphatic imine (C=N–C) groups is 1. The van der Waals surface area contributed by atoms with Crippen molar-refractivity contribution >= 4 is 29.9 Å². The molecule has 1 aliphatic heterocycles. The van der Waals surface area contributed by atoms with Gasteiger partial charge < -0.3 is 15.5 Å². The summed E-state index contributed by atoms with van der Waals surface area (Å²) in [5, 5.41) is 6.88. The minimum Gasteiger partial charge on any atom is -0.357 e. The van der Waals surface area contributed by atoms with Crippen LogP contribution in [0.25, 0.3) is 0 Å². The summed E-state index contributed by atoms with van der Waals surface area (Å²) in [4.78, 5) is 7.41. The van der Waals surface area contributed by atoms with Crippen LogP contribution in [0.2, 0.25) is 0 Å². The Labute approximate surface area is 154 Å². The van der Waals surface area contributed by atoms with Gasteiger partial charge in [0.1, 0.15) is 0 Å². The Kier molecular flexibility index (Phi) is 11.5. The first-order chi connectivity index (χ1) is 9.93. The van der Waals surface area contributed by atoms with Gasteiger partial charge in [0.05, 0.1) is 0 Å². The van der Waals surface area contributed by atoms with Crippen molar-refractivity contribution in [1.29, 1.82) is 0 Å². The fourth-order valence-electron chi connectivity index (χ4n) is 2.64. The van der Waals surface area contributed by atoms with Crippen LogP contribution >= 0.6 is 24.0 Å². The highest BCUT2D eigenvalue weighted by Gasteiger charge is 2.21. The second-order valence-corrected chi connectivity index (χ2v) is 6.99. The molecule has 0 aliphatic carbocycles. The molecule has 1 aliphatic rings. The summed E-state index contributed by atoms with van der Waals surface area (Å²) in [6.45, 7) is 17.7. The van der Waals surface area contributed by atoms with Crippen molar-refractivity contribution in [3.63, 3.8) is 0 Å². The average molecular weight is 424 g/mol. The summed E-state index contributed by atoms with van der Waals surface area (Å²) >= 11 is 0. The molecule has 0 aromatic carbocycles. The van der Waals surface area contributed by atoms with Crippen molar-refractivity contribution < 1.29 is 0 Å². The molecule has 0 amide bonds. The van der Waals surface area contributed by atoms with Gasteiger partial charge in [-0.05, 0) is 58.9 Å². The maximum atomic E-state index is 4.82. The Morgan fingerprint density at radius 1 is 1.23 bits per heavy atom. The van der Waals surface area contributed by atoms with Gasteiger partial charge in [-0.3, -0.25) is 4.99 Å². The number of nitrogens with one attached hydrogen (secondary N) is 2. The molecule has 0 aromatic heterocycles. The third-order valence-electron chi connectivity index (χ3n) is 4.50. The molecule has 0 radical (unpaired) electrons. The number of rotatable bonds is 6. The molecule has 1 saturated heterocycles. The molecule has 4 nitrogen and oxygen atoms in total. The van der Waals surface area contributed by atoms with Gasteiger partial charge >= 0.3 is 0 Å². The Hall–Kier alpha value is -0.0400. The average Bonchev–Trinajstić information content (AvgIpc) is 2.45. The highest BCUT2D eigenvalue weighted by molar-refractivity contribution is 14.0. The molecule has 22 heavy (non-hydrogen) atoms. The normalized spacial score (nSPS) is 21.6. The standard InChI is InChI=1S/C17H36N4.HI/c1-7-18-17(20-15(6)13(2)3)19-11-16-9-8-10-21(12-16)14(4)5;/h13-16H,7-12H2,1-6H3,(H2,18,19,20);1H. The molecule has 2 N–H and O–H groups in total. The van der Waals surface area contributed by atoms with Gasteiger partial charge in [-0.25, -0.2) is 0 Å². The number of nitrogens with zero attached hydrogens (tertiary/aromatic N) is 2. The summed E-state index contributed by atoms with van der Waals surface area (Å²) in [7, 11) is 0. The molecule has 0 saturated carbocycles. The number of piperidine rings is 1. The molecule has 0 bridgehead atoms. The monoisotopic (exact) mass is 424 g/mol. The van der Waals surface area contributed by atoms with Crippen molar-refractivity contribution in [2.75, 3.05) is 26.2 Å². The Morgan fingerprint density at radius 3 is 2.45 bits per heavy atom. The van der Waals surface area contributed by atoms with E-state index in [0.717, 1.165) is 19.0 Å². The highest BCUT2D eigenvalue weighted by Crippen LogP contribution is 2.18. The molecule has 1 heterocycles. The van der Waals surface area contributed by atoms with Gasteiger partial charge in [-0.2, -0.15) is 0 Å². The molecular formula is C17H37IN4. The van der Waals surface area contributed by atoms with E-state index in [0.29, 0.717) is 23.9 Å². The van der Waals surface area contributed by atoms with E-state index >= 15 is 0 Å². The maximum Gasteiger partial charge on any atom is 0.191 e. The van der Waals surface area contributed by atoms with Crippen LogP contribution in [0, 0.1) is 11.8 Å². The van der Waals surface area contributed by atoms with Gasteiger partial charge in [0.15, 0.2) is 5.96 Å². The SMILES string of the molecule is CCNC(=NCC1CCCN(C(C)C)C1)NC(C)C(C)C.I. The quantitative estimate of drug-likeness (QED) is 0.391. The first-order valence-corrected chi connectivity index (χ1v) is 8.72. The lowest BCUT2D eigenvalue weighted by molar-refractivity contribution is 0.143. The molecule has 1 rings (SSSR count). The minimum atomic E-state index is 0. The molecule has 2 atom stereocenters. The fraction of sp³-hybridized carbons (Fsp3) is 0.941. The number of hydrogen-bond donors (Lipinski definition) is 2. The van der Waals surface area contributed by atoms with Crippen LogP contribution in [0.15, 0.2) is 4.99 Å². The minimum absolute atomic E-state index is 0. The molecule has 5 heteroatoms. The lowest BCUT2D eigenvalue weighted by atomic mass is 9.97. The summed E-state index contributed by atoms with van der Waals surface area (Å²) in [5.74, 6) is 2.28. The zero-order valence-corrected chi connectivity index (χ0v) is 17.7. The van der Waals surface area contributed by atoms with Gasteiger partial charge in [0, 0.05) is 31.7 Å². The van der Waals surface area contributed by atoms with E-state index in [9.17, 15) is 0 Å². The Balaban J connectivity index is 0.00000441. The Morgan fingerprint density at radius 2 is 1.91 bits per heavy atom. The van der Waals surface area contributed by atoms with E-state index in [4.69, 9.17) is 4.99 Å². The van der Waals surface area contributed by atoms with E-state index in [1.54, 1.807) is 0 Å². The first-order valence-electron chi connectivity index (χ1n) is 8.72. The predicted octanol–water partition coefficient (Wildman–Crippen LogP) is 3.32. The summed E-state index contributed by atoms with van der Waals surface area (Å²) in [5.41, 5.74) is 0. The second-order valence-electron chi connectivity index (χ2n) is 6.99. The van der Waals surface area contributed by atoms with Gasteiger partial charge in [0.2, 0.25) is 0 Å². The van der Waals surface area contributed by atoms with Gasteiger partial charge in [-0.15, -0.1) is 24.0 Å². The summed E-state index contributed by atoms with van der Waals surface area (Å²) < 4.78 is 0. The van der Waals surface area contributed by atoms with E-state index in [2.05, 4.69) is 57.1 Å². The highest BCUT2D eigenvalue weighted by atomic mass is 127. The van der Waals surface area contributed by atoms with Crippen molar-refractivity contribution in [2.45, 2.75) is 66.5 Å². The number of guanidine groups is 1. The molecule has 2 unspecified atom stereocenters. The molecule has 0 aromatic rings. The largest absolute Gasteiger partial charge is 0.357 e. The molecular weight excluding hydrogens is 387 g/mol. The number of likely N-dealkylation sites (tertiary alicyclic amines) is 1. The molecule has 1 fully saturated rings. The van der Waals surface area contributed by atoms with Gasteiger partial charge in [0.25, 0.3) is 0 Å². The van der Waals surface area contributed by atoms with Crippen molar-refractivity contribution in [3.8, 4) is 0 Å². The number of hydrogen-bond acceptors (Lipinski definition) is 2. The maximum absolute atomic E-state index is 4.82. The first kappa shape index (κ1) is 22.0.